The van der Waals surface area contributed by atoms with Gasteiger partial charge in [0.15, 0.2) is 0 Å². The number of carbonyl (C=O) groups is 1. The molecule has 188 valence electrons. The first-order valence-corrected chi connectivity index (χ1v) is 11.7. The number of fused-ring (bicyclic) bond motifs is 1. The molecule has 10 heteroatoms. The number of halogens is 4. The maximum absolute atomic E-state index is 14.7. The Morgan fingerprint density at radius 2 is 2.03 bits per heavy atom. The molecule has 2 aliphatic rings. The van der Waals surface area contributed by atoms with E-state index in [1.807, 2.05) is 29.2 Å². The Bertz CT molecular complexity index is 1340. The van der Waals surface area contributed by atoms with Crippen molar-refractivity contribution in [1.29, 1.82) is 0 Å². The quantitative estimate of drug-likeness (QED) is 0.487. The van der Waals surface area contributed by atoms with Crippen molar-refractivity contribution in [3.8, 4) is 0 Å². The molecule has 0 bridgehead atoms. The summed E-state index contributed by atoms with van der Waals surface area (Å²) in [6.45, 7) is 3.70. The van der Waals surface area contributed by atoms with Gasteiger partial charge in [-0.15, -0.1) is 0 Å². The second-order valence-electron chi connectivity index (χ2n) is 9.06. The lowest BCUT2D eigenvalue weighted by atomic mass is 9.96. The molecule has 1 N–H and O–H groups in total. The van der Waals surface area contributed by atoms with Crippen LogP contribution in [0.3, 0.4) is 0 Å². The normalized spacial score (nSPS) is 17.5. The van der Waals surface area contributed by atoms with Gasteiger partial charge in [-0.1, -0.05) is 24.3 Å². The fraction of sp³-hybridized carbons (Fsp3) is 0.346. The van der Waals surface area contributed by atoms with Gasteiger partial charge in [-0.25, -0.2) is 4.39 Å². The first kappa shape index (κ1) is 24.2. The summed E-state index contributed by atoms with van der Waals surface area (Å²) in [6, 6.07) is 8.19. The van der Waals surface area contributed by atoms with E-state index in [1.54, 1.807) is 6.92 Å². The molecule has 1 amide bonds. The Hall–Kier alpha value is -3.53. The van der Waals surface area contributed by atoms with E-state index in [9.17, 15) is 22.4 Å². The molecule has 0 spiro atoms. The summed E-state index contributed by atoms with van der Waals surface area (Å²) >= 11 is 0. The summed E-state index contributed by atoms with van der Waals surface area (Å²) in [7, 11) is 0. The fourth-order valence-electron chi connectivity index (χ4n) is 4.55. The van der Waals surface area contributed by atoms with Gasteiger partial charge in [0.2, 0.25) is 5.91 Å². The summed E-state index contributed by atoms with van der Waals surface area (Å²) < 4.78 is 59.3. The van der Waals surface area contributed by atoms with Crippen LogP contribution >= 0.6 is 0 Å². The maximum atomic E-state index is 14.7. The minimum atomic E-state index is -4.78. The van der Waals surface area contributed by atoms with Crippen molar-refractivity contribution < 1.29 is 27.1 Å². The van der Waals surface area contributed by atoms with E-state index < -0.39 is 23.6 Å². The summed E-state index contributed by atoms with van der Waals surface area (Å²) in [4.78, 5) is 14.3. The van der Waals surface area contributed by atoms with E-state index in [0.717, 1.165) is 17.2 Å². The van der Waals surface area contributed by atoms with Crippen LogP contribution in [0.4, 0.5) is 23.2 Å². The zero-order valence-corrected chi connectivity index (χ0v) is 19.5. The van der Waals surface area contributed by atoms with E-state index in [0.29, 0.717) is 49.3 Å². The van der Waals surface area contributed by atoms with Crippen LogP contribution in [-0.2, 0) is 15.7 Å². The highest BCUT2D eigenvalue weighted by atomic mass is 19.4. The number of amides is 1. The molecular formula is C26H24F4N4O2. The standard InChI is InChI=1S/C26H24F4N4O2/c1-15(19-3-2-4-21(24(19)27)26(28,29)30)32-23-12-31-33-22-6-5-17(11-20(22)23)16-7-9-34(10-8-16)25(35)18-13-36-14-18/h2-7,11-12,15,18H,8-10,13-14H2,1H3,(H,32,33)/t15-/m1/s1. The van der Waals surface area contributed by atoms with Crippen molar-refractivity contribution in [2.24, 2.45) is 5.92 Å². The van der Waals surface area contributed by atoms with Crippen LogP contribution in [-0.4, -0.2) is 47.3 Å². The molecule has 3 aromatic rings. The van der Waals surface area contributed by atoms with Crippen LogP contribution in [0, 0.1) is 11.7 Å². The van der Waals surface area contributed by atoms with Crippen LogP contribution in [0.25, 0.3) is 16.5 Å². The van der Waals surface area contributed by atoms with Gasteiger partial charge >= 0.3 is 6.18 Å². The largest absolute Gasteiger partial charge is 0.419 e. The SMILES string of the molecule is C[C@@H](Nc1cnnc2ccc(C3=CCN(C(=O)C4COC4)CC3)cc12)c1cccc(C(F)(F)F)c1F. The molecule has 1 atom stereocenters. The van der Waals surface area contributed by atoms with Crippen molar-refractivity contribution in [2.45, 2.75) is 25.6 Å². The van der Waals surface area contributed by atoms with Gasteiger partial charge in [-0.05, 0) is 42.7 Å². The number of rotatable bonds is 5. The van der Waals surface area contributed by atoms with Crippen molar-refractivity contribution in [1.82, 2.24) is 15.1 Å². The number of benzene rings is 2. The first-order valence-electron chi connectivity index (χ1n) is 11.7. The fourth-order valence-corrected chi connectivity index (χ4v) is 4.55. The van der Waals surface area contributed by atoms with Gasteiger partial charge < -0.3 is 15.0 Å². The van der Waals surface area contributed by atoms with Gasteiger partial charge in [0, 0.05) is 24.0 Å². The number of aromatic nitrogens is 2. The lowest BCUT2D eigenvalue weighted by molar-refractivity contribution is -0.149. The van der Waals surface area contributed by atoms with E-state index >= 15 is 0 Å². The molecular weight excluding hydrogens is 476 g/mol. The van der Waals surface area contributed by atoms with E-state index in [1.165, 1.54) is 18.3 Å². The van der Waals surface area contributed by atoms with Crippen LogP contribution in [0.1, 0.15) is 36.1 Å². The predicted octanol–water partition coefficient (Wildman–Crippen LogP) is 5.22. The molecule has 0 radical (unpaired) electrons. The number of nitrogens with one attached hydrogen (secondary N) is 1. The van der Waals surface area contributed by atoms with Crippen molar-refractivity contribution in [3.63, 3.8) is 0 Å². The highest BCUT2D eigenvalue weighted by Gasteiger charge is 2.35. The maximum Gasteiger partial charge on any atom is 0.419 e. The molecule has 0 unspecified atom stereocenters. The molecule has 1 fully saturated rings. The average molecular weight is 500 g/mol. The van der Waals surface area contributed by atoms with Gasteiger partial charge in [-0.2, -0.15) is 23.4 Å². The Labute approximate surface area is 205 Å². The topological polar surface area (TPSA) is 67.4 Å². The number of hydrogen-bond acceptors (Lipinski definition) is 5. The second kappa shape index (κ2) is 9.50. The molecule has 36 heavy (non-hydrogen) atoms. The molecule has 5 rings (SSSR count). The van der Waals surface area contributed by atoms with Crippen LogP contribution in [0.5, 0.6) is 0 Å². The van der Waals surface area contributed by atoms with Crippen molar-refractivity contribution in [2.75, 3.05) is 31.6 Å². The molecule has 3 heterocycles. The molecule has 1 aromatic heterocycles. The predicted molar refractivity (Wildman–Crippen MR) is 126 cm³/mol. The zero-order valence-electron chi connectivity index (χ0n) is 19.5. The Kier molecular flexibility index (Phi) is 6.38. The van der Waals surface area contributed by atoms with E-state index in [4.69, 9.17) is 4.74 Å². The molecule has 2 aliphatic heterocycles. The highest BCUT2D eigenvalue weighted by Crippen LogP contribution is 2.35. The monoisotopic (exact) mass is 500 g/mol. The summed E-state index contributed by atoms with van der Waals surface area (Å²) in [6.07, 6.45) is -0.577. The van der Waals surface area contributed by atoms with Crippen LogP contribution in [0.15, 0.2) is 48.7 Å². The van der Waals surface area contributed by atoms with Gasteiger partial charge in [-0.3, -0.25) is 4.79 Å². The number of anilines is 1. The van der Waals surface area contributed by atoms with Crippen LogP contribution < -0.4 is 5.32 Å². The second-order valence-corrected chi connectivity index (χ2v) is 9.06. The molecule has 1 saturated heterocycles. The minimum Gasteiger partial charge on any atom is -0.380 e. The first-order chi connectivity index (χ1) is 17.2. The van der Waals surface area contributed by atoms with E-state index in [-0.39, 0.29) is 17.4 Å². The zero-order chi connectivity index (χ0) is 25.4. The van der Waals surface area contributed by atoms with Crippen LogP contribution in [0.2, 0.25) is 0 Å². The average Bonchev–Trinajstić information content (AvgIpc) is 2.82. The Morgan fingerprint density at radius 3 is 2.69 bits per heavy atom. The third-order valence-corrected chi connectivity index (χ3v) is 6.69. The number of carbonyl (C=O) groups excluding carboxylic acids is 1. The van der Waals surface area contributed by atoms with Crippen molar-refractivity contribution in [3.05, 3.63) is 71.2 Å². The number of hydrogen-bond donors (Lipinski definition) is 1. The Morgan fingerprint density at radius 1 is 1.22 bits per heavy atom. The van der Waals surface area contributed by atoms with Crippen molar-refractivity contribution >= 4 is 28.1 Å². The summed E-state index contributed by atoms with van der Waals surface area (Å²) in [5.41, 5.74) is 1.78. The van der Waals surface area contributed by atoms with E-state index in [2.05, 4.69) is 15.5 Å². The molecule has 6 nitrogen and oxygen atoms in total. The van der Waals surface area contributed by atoms with Gasteiger partial charge in [0.05, 0.1) is 48.1 Å². The lowest BCUT2D eigenvalue weighted by Crippen LogP contribution is -2.46. The minimum absolute atomic E-state index is 0.0449. The third-order valence-electron chi connectivity index (χ3n) is 6.69. The van der Waals surface area contributed by atoms with Gasteiger partial charge in [0.25, 0.3) is 0 Å². The smallest absolute Gasteiger partial charge is 0.380 e. The third kappa shape index (κ3) is 4.65. The highest BCUT2D eigenvalue weighted by molar-refractivity contribution is 5.93. The lowest BCUT2D eigenvalue weighted by Gasteiger charge is -2.33. The number of ether oxygens (including phenoxy) is 1. The summed E-state index contributed by atoms with van der Waals surface area (Å²) in [5.74, 6) is -1.22. The number of alkyl halides is 3. The molecule has 2 aromatic carbocycles. The molecule has 0 saturated carbocycles. The van der Waals surface area contributed by atoms with Gasteiger partial charge in [0.1, 0.15) is 5.82 Å². The Balaban J connectivity index is 1.39. The summed E-state index contributed by atoms with van der Waals surface area (Å²) in [5, 5.41) is 12.0. The molecule has 0 aliphatic carbocycles. The number of nitrogens with zero attached hydrogens (tertiary/aromatic N) is 3.